The molecule has 1 amide bonds. The lowest BCUT2D eigenvalue weighted by atomic mass is 9.88. The van der Waals surface area contributed by atoms with E-state index in [0.29, 0.717) is 22.2 Å². The van der Waals surface area contributed by atoms with Gasteiger partial charge in [-0.2, -0.15) is 0 Å². The minimum Gasteiger partial charge on any atom is -0.380 e. The van der Waals surface area contributed by atoms with Gasteiger partial charge in [0.2, 0.25) is 0 Å². The maximum atomic E-state index is 12.4. The topological polar surface area (TPSA) is 41.1 Å². The molecule has 2 N–H and O–H groups in total. The monoisotopic (exact) mass is 362 g/mol. The Morgan fingerprint density at radius 1 is 1.21 bits per heavy atom. The maximum Gasteiger partial charge on any atom is 0.251 e. The van der Waals surface area contributed by atoms with E-state index < -0.39 is 0 Å². The Labute approximate surface area is 152 Å². The zero-order valence-corrected chi connectivity index (χ0v) is 15.3. The van der Waals surface area contributed by atoms with Gasteiger partial charge in [0.15, 0.2) is 0 Å². The number of halogens is 2. The van der Waals surface area contributed by atoms with Gasteiger partial charge in [-0.15, -0.1) is 0 Å². The van der Waals surface area contributed by atoms with Crippen molar-refractivity contribution in [1.82, 2.24) is 5.32 Å². The van der Waals surface area contributed by atoms with Crippen molar-refractivity contribution in [3.63, 3.8) is 0 Å². The van der Waals surface area contributed by atoms with Crippen LogP contribution in [0.1, 0.15) is 41.8 Å². The summed E-state index contributed by atoms with van der Waals surface area (Å²) < 4.78 is 0. The first-order valence-corrected chi connectivity index (χ1v) is 8.73. The molecule has 3 nitrogen and oxygen atoms in total. The predicted molar refractivity (Wildman–Crippen MR) is 100 cm³/mol. The standard InChI is InChI=1S/C19H20Cl2N2O/c1-19(2)8-7-12-9-13(4-6-17(12)23-19)18(24)22-11-14-3-5-15(20)10-16(14)21/h3-6,9-10,23H,7-8,11H2,1-2H3,(H,22,24). The van der Waals surface area contributed by atoms with Crippen LogP contribution < -0.4 is 10.6 Å². The lowest BCUT2D eigenvalue weighted by Crippen LogP contribution is -2.35. The van der Waals surface area contributed by atoms with Crippen LogP contribution >= 0.6 is 23.2 Å². The first-order valence-electron chi connectivity index (χ1n) is 7.97. The minimum atomic E-state index is -0.103. The van der Waals surface area contributed by atoms with Crippen molar-refractivity contribution < 1.29 is 4.79 Å². The van der Waals surface area contributed by atoms with Gasteiger partial charge < -0.3 is 10.6 Å². The largest absolute Gasteiger partial charge is 0.380 e. The molecule has 1 aliphatic rings. The number of nitrogens with one attached hydrogen (secondary N) is 2. The number of rotatable bonds is 3. The quantitative estimate of drug-likeness (QED) is 0.800. The van der Waals surface area contributed by atoms with Crippen molar-refractivity contribution in [3.8, 4) is 0 Å². The van der Waals surface area contributed by atoms with Crippen LogP contribution in [-0.4, -0.2) is 11.4 Å². The predicted octanol–water partition coefficient (Wildman–Crippen LogP) is 5.06. The van der Waals surface area contributed by atoms with Crippen LogP contribution in [0.5, 0.6) is 0 Å². The summed E-state index contributed by atoms with van der Waals surface area (Å²) >= 11 is 12.0. The van der Waals surface area contributed by atoms with E-state index in [1.807, 2.05) is 24.3 Å². The Morgan fingerprint density at radius 3 is 2.75 bits per heavy atom. The Kier molecular flexibility index (Phi) is 4.75. The number of benzene rings is 2. The third kappa shape index (κ3) is 3.85. The van der Waals surface area contributed by atoms with Crippen LogP contribution in [0.4, 0.5) is 5.69 Å². The number of amides is 1. The molecule has 24 heavy (non-hydrogen) atoms. The van der Waals surface area contributed by atoms with E-state index in [9.17, 15) is 4.79 Å². The van der Waals surface area contributed by atoms with Gasteiger partial charge in [0.05, 0.1) is 0 Å². The van der Waals surface area contributed by atoms with E-state index in [0.717, 1.165) is 24.1 Å². The molecule has 0 saturated heterocycles. The molecule has 1 heterocycles. The Bertz CT molecular complexity index is 787. The second-order valence-electron chi connectivity index (χ2n) is 6.80. The Balaban J connectivity index is 1.70. The molecular formula is C19H20Cl2N2O. The smallest absolute Gasteiger partial charge is 0.251 e. The molecule has 3 rings (SSSR count). The summed E-state index contributed by atoms with van der Waals surface area (Å²) in [5.74, 6) is -0.103. The molecular weight excluding hydrogens is 343 g/mol. The van der Waals surface area contributed by atoms with E-state index in [1.54, 1.807) is 12.1 Å². The van der Waals surface area contributed by atoms with E-state index in [-0.39, 0.29) is 11.4 Å². The van der Waals surface area contributed by atoms with Gasteiger partial charge in [-0.1, -0.05) is 29.3 Å². The highest BCUT2D eigenvalue weighted by molar-refractivity contribution is 6.35. The molecule has 1 aliphatic heterocycles. The van der Waals surface area contributed by atoms with E-state index in [4.69, 9.17) is 23.2 Å². The fourth-order valence-electron chi connectivity index (χ4n) is 2.88. The SMILES string of the molecule is CC1(C)CCc2cc(C(=O)NCc3ccc(Cl)cc3Cl)ccc2N1. The summed E-state index contributed by atoms with van der Waals surface area (Å²) in [6.45, 7) is 4.75. The average molecular weight is 363 g/mol. The third-order valence-electron chi connectivity index (χ3n) is 4.31. The first-order chi connectivity index (χ1) is 11.3. The summed E-state index contributed by atoms with van der Waals surface area (Å²) in [5.41, 5.74) is 3.91. The Hall–Kier alpha value is -1.71. The van der Waals surface area contributed by atoms with Crippen molar-refractivity contribution >= 4 is 34.8 Å². The fraction of sp³-hybridized carbons (Fsp3) is 0.316. The number of aryl methyl sites for hydroxylation is 1. The van der Waals surface area contributed by atoms with Crippen molar-refractivity contribution in [1.29, 1.82) is 0 Å². The van der Waals surface area contributed by atoms with Crippen LogP contribution in [0.15, 0.2) is 36.4 Å². The minimum absolute atomic E-state index is 0.0993. The van der Waals surface area contributed by atoms with Gasteiger partial charge in [0, 0.05) is 33.4 Å². The normalized spacial score (nSPS) is 15.3. The summed E-state index contributed by atoms with van der Waals surface area (Å²) in [6, 6.07) is 11.1. The summed E-state index contributed by atoms with van der Waals surface area (Å²) in [5, 5.41) is 7.56. The van der Waals surface area contributed by atoms with Crippen LogP contribution in [0.25, 0.3) is 0 Å². The van der Waals surface area contributed by atoms with Crippen molar-refractivity contribution in [2.24, 2.45) is 0 Å². The van der Waals surface area contributed by atoms with Crippen LogP contribution in [0, 0.1) is 0 Å². The van der Waals surface area contributed by atoms with Crippen LogP contribution in [0.3, 0.4) is 0 Å². The molecule has 0 spiro atoms. The molecule has 0 atom stereocenters. The first kappa shape index (κ1) is 17.1. The van der Waals surface area contributed by atoms with Crippen LogP contribution in [0.2, 0.25) is 10.0 Å². The highest BCUT2D eigenvalue weighted by atomic mass is 35.5. The molecule has 126 valence electrons. The average Bonchev–Trinajstić information content (AvgIpc) is 2.52. The van der Waals surface area contributed by atoms with Gasteiger partial charge in [0.25, 0.3) is 5.91 Å². The molecule has 0 saturated carbocycles. The van der Waals surface area contributed by atoms with E-state index in [2.05, 4.69) is 24.5 Å². The molecule has 2 aromatic rings. The number of fused-ring (bicyclic) bond motifs is 1. The van der Waals surface area contributed by atoms with E-state index in [1.165, 1.54) is 5.56 Å². The molecule has 0 aromatic heterocycles. The highest BCUT2D eigenvalue weighted by Gasteiger charge is 2.24. The molecule has 0 bridgehead atoms. The summed E-state index contributed by atoms with van der Waals surface area (Å²) in [6.07, 6.45) is 2.02. The number of hydrogen-bond donors (Lipinski definition) is 2. The second-order valence-corrected chi connectivity index (χ2v) is 7.64. The summed E-state index contributed by atoms with van der Waals surface area (Å²) in [7, 11) is 0. The number of hydrogen-bond acceptors (Lipinski definition) is 2. The fourth-order valence-corrected chi connectivity index (χ4v) is 3.36. The third-order valence-corrected chi connectivity index (χ3v) is 4.90. The molecule has 2 aromatic carbocycles. The zero-order chi connectivity index (χ0) is 17.3. The van der Waals surface area contributed by atoms with Gasteiger partial charge in [-0.3, -0.25) is 4.79 Å². The van der Waals surface area contributed by atoms with Gasteiger partial charge in [0.1, 0.15) is 0 Å². The number of carbonyl (C=O) groups is 1. The number of anilines is 1. The summed E-state index contributed by atoms with van der Waals surface area (Å²) in [4.78, 5) is 12.4. The van der Waals surface area contributed by atoms with Gasteiger partial charge in [-0.05, 0) is 68.1 Å². The van der Waals surface area contributed by atoms with Gasteiger partial charge >= 0.3 is 0 Å². The highest BCUT2D eigenvalue weighted by Crippen LogP contribution is 2.31. The van der Waals surface area contributed by atoms with Crippen molar-refractivity contribution in [2.45, 2.75) is 38.8 Å². The lowest BCUT2D eigenvalue weighted by molar-refractivity contribution is 0.0951. The molecule has 0 fully saturated rings. The number of carbonyl (C=O) groups excluding carboxylic acids is 1. The zero-order valence-electron chi connectivity index (χ0n) is 13.7. The lowest BCUT2D eigenvalue weighted by Gasteiger charge is -2.34. The van der Waals surface area contributed by atoms with E-state index >= 15 is 0 Å². The molecule has 5 heteroatoms. The molecule has 0 aliphatic carbocycles. The maximum absolute atomic E-state index is 12.4. The van der Waals surface area contributed by atoms with Crippen molar-refractivity contribution in [3.05, 3.63) is 63.1 Å². The second kappa shape index (κ2) is 6.66. The van der Waals surface area contributed by atoms with Crippen molar-refractivity contribution in [2.75, 3.05) is 5.32 Å². The van der Waals surface area contributed by atoms with Crippen LogP contribution in [-0.2, 0) is 13.0 Å². The van der Waals surface area contributed by atoms with Gasteiger partial charge in [-0.25, -0.2) is 0 Å². The molecule has 0 radical (unpaired) electrons. The Morgan fingerprint density at radius 2 is 2.00 bits per heavy atom. The molecule has 0 unspecified atom stereocenters.